The molecule has 28 heavy (non-hydrogen) atoms. The van der Waals surface area contributed by atoms with Gasteiger partial charge in [-0.2, -0.15) is 0 Å². The van der Waals surface area contributed by atoms with E-state index in [1.54, 1.807) is 30.3 Å². The first-order valence-corrected chi connectivity index (χ1v) is 11.6. The molecule has 1 aromatic carbocycles. The molecule has 0 aliphatic heterocycles. The van der Waals surface area contributed by atoms with Gasteiger partial charge in [-0.15, -0.1) is 0 Å². The molecule has 2 rings (SSSR count). The van der Waals surface area contributed by atoms with E-state index in [1.165, 1.54) is 5.41 Å². The Balaban J connectivity index is 1.88. The van der Waals surface area contributed by atoms with Crippen molar-refractivity contribution >= 4 is 33.7 Å². The average Bonchev–Trinajstić information content (AvgIpc) is 2.65. The van der Waals surface area contributed by atoms with Crippen LogP contribution >= 0.6 is 11.6 Å². The number of allylic oxidation sites excluding steroid dienone is 2. The number of rotatable bonds is 10. The van der Waals surface area contributed by atoms with Crippen LogP contribution < -0.4 is 4.72 Å². The highest BCUT2D eigenvalue weighted by molar-refractivity contribution is 7.92. The average molecular weight is 426 g/mol. The number of benzene rings is 1. The second kappa shape index (κ2) is 11.4. The summed E-state index contributed by atoms with van der Waals surface area (Å²) in [5.41, 5.74) is 0.777. The lowest BCUT2D eigenvalue weighted by Crippen LogP contribution is -2.41. The van der Waals surface area contributed by atoms with E-state index in [1.807, 2.05) is 6.08 Å². The van der Waals surface area contributed by atoms with Gasteiger partial charge in [0.05, 0.1) is 0 Å². The number of carboxylic acids is 1. The summed E-state index contributed by atoms with van der Waals surface area (Å²) < 4.78 is 27.8. The number of halogens is 1. The van der Waals surface area contributed by atoms with E-state index in [0.717, 1.165) is 44.1 Å². The highest BCUT2D eigenvalue weighted by Gasteiger charge is 2.27. The van der Waals surface area contributed by atoms with Crippen LogP contribution in [-0.2, 0) is 14.8 Å². The lowest BCUT2D eigenvalue weighted by atomic mass is 9.83. The van der Waals surface area contributed by atoms with Gasteiger partial charge in [-0.05, 0) is 61.8 Å². The number of nitrogens with one attached hydrogen (secondary N) is 1. The molecule has 1 fully saturated rings. The van der Waals surface area contributed by atoms with Gasteiger partial charge in [-0.25, -0.2) is 13.1 Å². The predicted octanol–water partition coefficient (Wildman–Crippen LogP) is 4.99. The molecule has 2 unspecified atom stereocenters. The third kappa shape index (κ3) is 8.59. The van der Waals surface area contributed by atoms with Crippen LogP contribution in [0.25, 0.3) is 6.08 Å². The van der Waals surface area contributed by atoms with Crippen molar-refractivity contribution < 1.29 is 18.3 Å². The fourth-order valence-electron chi connectivity index (χ4n) is 3.40. The first kappa shape index (κ1) is 22.7. The number of carbonyl (C=O) groups is 1. The summed E-state index contributed by atoms with van der Waals surface area (Å²) >= 11 is 5.84. The Hall–Kier alpha value is -1.63. The molecule has 7 heteroatoms. The van der Waals surface area contributed by atoms with Gasteiger partial charge in [0.15, 0.2) is 0 Å². The van der Waals surface area contributed by atoms with Crippen LogP contribution in [0, 0.1) is 5.92 Å². The van der Waals surface area contributed by atoms with Crippen LogP contribution in [0.15, 0.2) is 41.8 Å². The molecule has 154 valence electrons. The van der Waals surface area contributed by atoms with Gasteiger partial charge >= 0.3 is 5.97 Å². The van der Waals surface area contributed by atoms with Crippen LogP contribution in [0.3, 0.4) is 0 Å². The van der Waals surface area contributed by atoms with Crippen LogP contribution in [0.5, 0.6) is 0 Å². The summed E-state index contributed by atoms with van der Waals surface area (Å²) in [5.74, 6) is -0.509. The van der Waals surface area contributed by atoms with E-state index in [4.69, 9.17) is 16.7 Å². The largest absolute Gasteiger partial charge is 0.481 e. The Morgan fingerprint density at radius 2 is 1.89 bits per heavy atom. The van der Waals surface area contributed by atoms with Crippen LogP contribution in [0.1, 0.15) is 56.9 Å². The Kier molecular flexibility index (Phi) is 9.22. The van der Waals surface area contributed by atoms with E-state index in [0.29, 0.717) is 11.4 Å². The topological polar surface area (TPSA) is 83.5 Å². The molecule has 5 nitrogen and oxygen atoms in total. The number of carboxylic acid groups (broad SMARTS) is 1. The Morgan fingerprint density at radius 3 is 2.61 bits per heavy atom. The molecule has 0 radical (unpaired) electrons. The van der Waals surface area contributed by atoms with Gasteiger partial charge in [-0.1, -0.05) is 48.7 Å². The van der Waals surface area contributed by atoms with Gasteiger partial charge in [-0.3, -0.25) is 4.79 Å². The summed E-state index contributed by atoms with van der Waals surface area (Å²) in [6.07, 6.45) is 11.9. The fraction of sp³-hybridized carbons (Fsp3) is 0.476. The molecular formula is C21H28ClNO4S. The Bertz CT molecular complexity index is 787. The predicted molar refractivity (Wildman–Crippen MR) is 114 cm³/mol. The first-order chi connectivity index (χ1) is 13.4. The van der Waals surface area contributed by atoms with Crippen molar-refractivity contribution in [1.82, 2.24) is 4.72 Å². The van der Waals surface area contributed by atoms with E-state index in [9.17, 15) is 13.2 Å². The second-order valence-electron chi connectivity index (χ2n) is 7.16. The summed E-state index contributed by atoms with van der Waals surface area (Å²) in [5, 5.41) is 10.5. The summed E-state index contributed by atoms with van der Waals surface area (Å²) in [4.78, 5) is 10.5. The number of sulfonamides is 1. The molecule has 0 spiro atoms. The molecule has 1 aromatic rings. The maximum atomic E-state index is 12.5. The highest BCUT2D eigenvalue weighted by atomic mass is 35.5. The van der Waals surface area contributed by atoms with E-state index < -0.39 is 16.0 Å². The minimum Gasteiger partial charge on any atom is -0.481 e. The number of hydrogen-bond acceptors (Lipinski definition) is 3. The molecule has 1 saturated carbocycles. The molecule has 0 aromatic heterocycles. The zero-order valence-electron chi connectivity index (χ0n) is 15.9. The third-order valence-electron chi connectivity index (χ3n) is 4.90. The number of hydrogen-bond donors (Lipinski definition) is 2. The quantitative estimate of drug-likeness (QED) is 0.408. The summed E-state index contributed by atoms with van der Waals surface area (Å²) in [6.45, 7) is 0. The molecule has 1 aliphatic rings. The second-order valence-corrected chi connectivity index (χ2v) is 9.20. The van der Waals surface area contributed by atoms with Gasteiger partial charge < -0.3 is 5.11 Å². The van der Waals surface area contributed by atoms with Gasteiger partial charge in [0.1, 0.15) is 0 Å². The SMILES string of the molecule is O=C(O)CCCC=CCC1CCCCC1NS(=O)(=O)C=Cc1ccc(Cl)cc1. The van der Waals surface area contributed by atoms with Crippen LogP contribution in [0.4, 0.5) is 0 Å². The van der Waals surface area contributed by atoms with Crippen molar-refractivity contribution in [3.63, 3.8) is 0 Å². The zero-order chi connectivity index (χ0) is 20.4. The lowest BCUT2D eigenvalue weighted by Gasteiger charge is -2.31. The minimum atomic E-state index is -3.52. The number of aliphatic carboxylic acids is 1. The Labute approximate surface area is 172 Å². The molecular weight excluding hydrogens is 398 g/mol. The fourth-order valence-corrected chi connectivity index (χ4v) is 4.67. The minimum absolute atomic E-state index is 0.0720. The highest BCUT2D eigenvalue weighted by Crippen LogP contribution is 2.28. The standard InChI is InChI=1S/C21H28ClNO4S/c22-19-13-11-17(12-14-19)15-16-28(26,27)23-20-9-6-5-8-18(20)7-3-1-2-4-10-21(24)25/h1,3,11-16,18,20,23H,2,4-10H2,(H,24,25). The number of unbranched alkanes of at least 4 members (excludes halogenated alkanes) is 1. The Morgan fingerprint density at radius 1 is 1.18 bits per heavy atom. The van der Waals surface area contributed by atoms with E-state index in [2.05, 4.69) is 10.8 Å². The lowest BCUT2D eigenvalue weighted by molar-refractivity contribution is -0.137. The van der Waals surface area contributed by atoms with Crippen molar-refractivity contribution in [2.75, 3.05) is 0 Å². The maximum Gasteiger partial charge on any atom is 0.303 e. The monoisotopic (exact) mass is 425 g/mol. The summed E-state index contributed by atoms with van der Waals surface area (Å²) in [7, 11) is -3.52. The van der Waals surface area contributed by atoms with Gasteiger partial charge in [0.2, 0.25) is 10.0 Å². The van der Waals surface area contributed by atoms with E-state index >= 15 is 0 Å². The molecule has 0 bridgehead atoms. The van der Waals surface area contributed by atoms with Crippen molar-refractivity contribution in [2.24, 2.45) is 5.92 Å². The molecule has 2 N–H and O–H groups in total. The van der Waals surface area contributed by atoms with E-state index in [-0.39, 0.29) is 18.4 Å². The van der Waals surface area contributed by atoms with Crippen LogP contribution in [-0.4, -0.2) is 25.5 Å². The zero-order valence-corrected chi connectivity index (χ0v) is 17.5. The van der Waals surface area contributed by atoms with Crippen molar-refractivity contribution in [2.45, 2.75) is 57.4 Å². The molecule has 0 heterocycles. The van der Waals surface area contributed by atoms with Crippen molar-refractivity contribution in [3.8, 4) is 0 Å². The molecule has 0 amide bonds. The smallest absolute Gasteiger partial charge is 0.303 e. The van der Waals surface area contributed by atoms with Gasteiger partial charge in [0.25, 0.3) is 0 Å². The van der Waals surface area contributed by atoms with Crippen molar-refractivity contribution in [3.05, 3.63) is 52.4 Å². The van der Waals surface area contributed by atoms with Crippen molar-refractivity contribution in [1.29, 1.82) is 0 Å². The van der Waals surface area contributed by atoms with Gasteiger partial charge in [0, 0.05) is 22.9 Å². The summed E-state index contributed by atoms with van der Waals surface area (Å²) in [6, 6.07) is 6.92. The third-order valence-corrected chi connectivity index (χ3v) is 6.28. The maximum absolute atomic E-state index is 12.5. The first-order valence-electron chi connectivity index (χ1n) is 9.68. The molecule has 0 saturated heterocycles. The molecule has 2 atom stereocenters. The van der Waals surface area contributed by atoms with Crippen LogP contribution in [0.2, 0.25) is 5.02 Å². The molecule has 1 aliphatic carbocycles. The normalized spacial score (nSPS) is 20.8.